The van der Waals surface area contributed by atoms with E-state index >= 15 is 0 Å². The van der Waals surface area contributed by atoms with E-state index in [4.69, 9.17) is 11.6 Å². The summed E-state index contributed by atoms with van der Waals surface area (Å²) in [5.74, 6) is -0.398. The number of hydrogen-bond donors (Lipinski definition) is 2. The molecule has 0 fully saturated rings. The minimum absolute atomic E-state index is 0.00858. The smallest absolute Gasteiger partial charge is 0.257 e. The van der Waals surface area contributed by atoms with Crippen LogP contribution in [0.5, 0.6) is 5.75 Å². The molecule has 2 aromatic rings. The topological polar surface area (TPSA) is 62.2 Å². The summed E-state index contributed by atoms with van der Waals surface area (Å²) in [5, 5.41) is 12.2. The molecule has 0 saturated heterocycles. The fourth-order valence-electron chi connectivity index (χ4n) is 1.32. The van der Waals surface area contributed by atoms with Gasteiger partial charge in [-0.1, -0.05) is 11.6 Å². The van der Waals surface area contributed by atoms with Crippen molar-refractivity contribution in [3.8, 4) is 5.75 Å². The molecule has 1 aromatic heterocycles. The summed E-state index contributed by atoms with van der Waals surface area (Å²) in [5.41, 5.74) is 0.785. The maximum Gasteiger partial charge on any atom is 0.257 e. The maximum absolute atomic E-state index is 11.9. The highest BCUT2D eigenvalue weighted by atomic mass is 35.5. The van der Waals surface area contributed by atoms with Crippen molar-refractivity contribution in [1.82, 2.24) is 4.98 Å². The van der Waals surface area contributed by atoms with Gasteiger partial charge in [-0.25, -0.2) is 0 Å². The van der Waals surface area contributed by atoms with Crippen LogP contribution in [0.3, 0.4) is 0 Å². The average molecular weight is 249 g/mol. The quantitative estimate of drug-likeness (QED) is 0.859. The van der Waals surface area contributed by atoms with E-state index in [-0.39, 0.29) is 22.2 Å². The van der Waals surface area contributed by atoms with Crippen molar-refractivity contribution in [1.29, 1.82) is 0 Å². The number of pyridine rings is 1. The summed E-state index contributed by atoms with van der Waals surface area (Å²) in [6.07, 6.45) is 3.13. The van der Waals surface area contributed by atoms with E-state index in [1.807, 2.05) is 0 Å². The lowest BCUT2D eigenvalue weighted by molar-refractivity contribution is 0.102. The van der Waals surface area contributed by atoms with Gasteiger partial charge >= 0.3 is 0 Å². The first-order valence-corrected chi connectivity index (χ1v) is 5.24. The molecule has 0 atom stereocenters. The molecule has 0 saturated carbocycles. The number of hydrogen-bond acceptors (Lipinski definition) is 3. The number of carbonyl (C=O) groups is 1. The summed E-state index contributed by atoms with van der Waals surface area (Å²) in [6.45, 7) is 0. The van der Waals surface area contributed by atoms with Crippen LogP contribution < -0.4 is 5.32 Å². The number of aromatic hydroxyl groups is 1. The van der Waals surface area contributed by atoms with Crippen LogP contribution in [-0.2, 0) is 0 Å². The van der Waals surface area contributed by atoms with Crippen LogP contribution in [0.2, 0.25) is 5.02 Å². The van der Waals surface area contributed by atoms with Crippen LogP contribution in [0.15, 0.2) is 42.7 Å². The van der Waals surface area contributed by atoms with Crippen LogP contribution in [0.25, 0.3) is 0 Å². The fourth-order valence-corrected chi connectivity index (χ4v) is 1.53. The first-order valence-electron chi connectivity index (χ1n) is 4.87. The number of carbonyl (C=O) groups excluding carboxylic acids is 1. The summed E-state index contributed by atoms with van der Waals surface area (Å²) in [4.78, 5) is 15.7. The predicted molar refractivity (Wildman–Crippen MR) is 65.3 cm³/mol. The van der Waals surface area contributed by atoms with Crippen molar-refractivity contribution >= 4 is 23.2 Å². The second kappa shape index (κ2) is 4.84. The predicted octanol–water partition coefficient (Wildman–Crippen LogP) is 2.69. The van der Waals surface area contributed by atoms with Crippen molar-refractivity contribution in [3.63, 3.8) is 0 Å². The zero-order chi connectivity index (χ0) is 12.3. The zero-order valence-electron chi connectivity index (χ0n) is 8.72. The molecule has 0 aliphatic rings. The Labute approximate surface area is 103 Å². The standard InChI is InChI=1S/C12H9ClN2O2/c13-11-4-3-9(16)6-10(11)12(17)15-8-2-1-5-14-7-8/h1-7,16H,(H,15,17). The Bertz CT molecular complexity index is 543. The third-order valence-electron chi connectivity index (χ3n) is 2.11. The summed E-state index contributed by atoms with van der Waals surface area (Å²) in [6, 6.07) is 7.62. The van der Waals surface area contributed by atoms with Gasteiger partial charge in [-0.05, 0) is 30.3 Å². The van der Waals surface area contributed by atoms with Crippen molar-refractivity contribution < 1.29 is 9.90 Å². The lowest BCUT2D eigenvalue weighted by Gasteiger charge is -2.06. The van der Waals surface area contributed by atoms with Gasteiger partial charge in [-0.2, -0.15) is 0 Å². The number of nitrogens with zero attached hydrogens (tertiary/aromatic N) is 1. The lowest BCUT2D eigenvalue weighted by Crippen LogP contribution is -2.12. The van der Waals surface area contributed by atoms with E-state index in [2.05, 4.69) is 10.3 Å². The molecule has 0 aliphatic carbocycles. The monoisotopic (exact) mass is 248 g/mol. The van der Waals surface area contributed by atoms with Gasteiger partial charge in [0.25, 0.3) is 5.91 Å². The number of amides is 1. The first kappa shape index (κ1) is 11.4. The molecule has 0 radical (unpaired) electrons. The van der Waals surface area contributed by atoms with Crippen LogP contribution in [0, 0.1) is 0 Å². The number of phenols is 1. The Hall–Kier alpha value is -2.07. The van der Waals surface area contributed by atoms with Crippen LogP contribution in [0.1, 0.15) is 10.4 Å². The van der Waals surface area contributed by atoms with Crippen LogP contribution in [-0.4, -0.2) is 16.0 Å². The number of rotatable bonds is 2. The number of phenolic OH excluding ortho intramolecular Hbond substituents is 1. The molecular weight excluding hydrogens is 240 g/mol. The Kier molecular flexibility index (Phi) is 3.25. The van der Waals surface area contributed by atoms with Crippen LogP contribution in [0.4, 0.5) is 5.69 Å². The van der Waals surface area contributed by atoms with Crippen molar-refractivity contribution in [3.05, 3.63) is 53.3 Å². The maximum atomic E-state index is 11.9. The van der Waals surface area contributed by atoms with Gasteiger partial charge < -0.3 is 10.4 Å². The van der Waals surface area contributed by atoms with Gasteiger partial charge in [0.2, 0.25) is 0 Å². The zero-order valence-corrected chi connectivity index (χ0v) is 9.48. The minimum atomic E-state index is -0.390. The average Bonchev–Trinajstić information content (AvgIpc) is 2.33. The summed E-state index contributed by atoms with van der Waals surface area (Å²) < 4.78 is 0. The van der Waals surface area contributed by atoms with E-state index in [1.165, 1.54) is 24.4 Å². The largest absolute Gasteiger partial charge is 0.508 e. The Morgan fingerprint density at radius 3 is 2.88 bits per heavy atom. The van der Waals surface area contributed by atoms with Gasteiger partial charge in [-0.3, -0.25) is 9.78 Å². The third-order valence-corrected chi connectivity index (χ3v) is 2.44. The van der Waals surface area contributed by atoms with E-state index < -0.39 is 0 Å². The molecule has 5 heteroatoms. The van der Waals surface area contributed by atoms with E-state index in [9.17, 15) is 9.90 Å². The highest BCUT2D eigenvalue weighted by molar-refractivity contribution is 6.34. The molecule has 86 valence electrons. The molecule has 1 heterocycles. The molecule has 1 aromatic carbocycles. The molecular formula is C12H9ClN2O2. The molecule has 17 heavy (non-hydrogen) atoms. The summed E-state index contributed by atoms with van der Waals surface area (Å²) >= 11 is 5.87. The van der Waals surface area contributed by atoms with Crippen molar-refractivity contribution in [2.24, 2.45) is 0 Å². The number of aromatic nitrogens is 1. The SMILES string of the molecule is O=C(Nc1cccnc1)c1cc(O)ccc1Cl. The molecule has 0 spiro atoms. The van der Waals surface area contributed by atoms with Gasteiger partial charge in [0, 0.05) is 6.20 Å². The minimum Gasteiger partial charge on any atom is -0.508 e. The Balaban J connectivity index is 2.23. The number of benzene rings is 1. The molecule has 0 bridgehead atoms. The number of nitrogens with one attached hydrogen (secondary N) is 1. The molecule has 4 nitrogen and oxygen atoms in total. The van der Waals surface area contributed by atoms with Crippen LogP contribution >= 0.6 is 11.6 Å². The third kappa shape index (κ3) is 2.73. The fraction of sp³-hybridized carbons (Fsp3) is 0. The normalized spacial score (nSPS) is 9.94. The molecule has 2 rings (SSSR count). The summed E-state index contributed by atoms with van der Waals surface area (Å²) in [7, 11) is 0. The van der Waals surface area contributed by atoms with Gasteiger partial charge in [-0.15, -0.1) is 0 Å². The number of anilines is 1. The molecule has 0 unspecified atom stereocenters. The van der Waals surface area contributed by atoms with Gasteiger partial charge in [0.1, 0.15) is 5.75 Å². The van der Waals surface area contributed by atoms with E-state index in [1.54, 1.807) is 18.3 Å². The second-order valence-electron chi connectivity index (χ2n) is 3.36. The van der Waals surface area contributed by atoms with Gasteiger partial charge in [0.05, 0.1) is 22.5 Å². The molecule has 1 amide bonds. The second-order valence-corrected chi connectivity index (χ2v) is 3.77. The van der Waals surface area contributed by atoms with E-state index in [0.717, 1.165) is 0 Å². The van der Waals surface area contributed by atoms with Crippen molar-refractivity contribution in [2.75, 3.05) is 5.32 Å². The Morgan fingerprint density at radius 1 is 1.35 bits per heavy atom. The Morgan fingerprint density at radius 2 is 2.18 bits per heavy atom. The lowest BCUT2D eigenvalue weighted by atomic mass is 10.2. The van der Waals surface area contributed by atoms with Crippen molar-refractivity contribution in [2.45, 2.75) is 0 Å². The van der Waals surface area contributed by atoms with E-state index in [0.29, 0.717) is 5.69 Å². The molecule has 0 aliphatic heterocycles. The molecule has 2 N–H and O–H groups in total. The highest BCUT2D eigenvalue weighted by Gasteiger charge is 2.11. The van der Waals surface area contributed by atoms with Gasteiger partial charge in [0.15, 0.2) is 0 Å². The highest BCUT2D eigenvalue weighted by Crippen LogP contribution is 2.22. The number of halogens is 1. The first-order chi connectivity index (χ1) is 8.16.